The number of nitrogens with zero attached hydrogens (tertiary/aromatic N) is 4. The summed E-state index contributed by atoms with van der Waals surface area (Å²) in [6, 6.07) is 6.13. The van der Waals surface area contributed by atoms with Crippen LogP contribution in [0.2, 0.25) is 0 Å². The standard InChI is InChI=1S/C21H24N6O/c1-2-5-14(6-4-11-28)25-21-24-12-17-15-8-10-22-13-18(15)26-20-16(19(17)27-21)7-3-9-23-20/h3,7-10,12-14,28H,2,4-6,11H2,1H3,(H,23,26)(H,24,25,27)/t14-/m1/s1. The van der Waals surface area contributed by atoms with E-state index in [0.29, 0.717) is 5.95 Å². The summed E-state index contributed by atoms with van der Waals surface area (Å²) in [5.74, 6) is 1.35. The van der Waals surface area contributed by atoms with Crippen LogP contribution < -0.4 is 10.6 Å². The Bertz CT molecular complexity index is 961. The highest BCUT2D eigenvalue weighted by molar-refractivity contribution is 5.95. The van der Waals surface area contributed by atoms with Crippen molar-refractivity contribution in [2.75, 3.05) is 17.2 Å². The van der Waals surface area contributed by atoms with Gasteiger partial charge in [0.05, 0.1) is 17.6 Å². The first-order chi connectivity index (χ1) is 13.8. The van der Waals surface area contributed by atoms with Crippen LogP contribution in [0.1, 0.15) is 32.6 Å². The van der Waals surface area contributed by atoms with Gasteiger partial charge in [0, 0.05) is 47.9 Å². The minimum absolute atomic E-state index is 0.197. The zero-order chi connectivity index (χ0) is 19.3. The molecule has 0 fully saturated rings. The van der Waals surface area contributed by atoms with Gasteiger partial charge in [0.15, 0.2) is 0 Å². The second kappa shape index (κ2) is 8.31. The monoisotopic (exact) mass is 376 g/mol. The van der Waals surface area contributed by atoms with Crippen LogP contribution >= 0.6 is 0 Å². The molecule has 4 heterocycles. The molecule has 7 nitrogen and oxygen atoms in total. The lowest BCUT2D eigenvalue weighted by atomic mass is 10.0. The first-order valence-electron chi connectivity index (χ1n) is 9.71. The summed E-state index contributed by atoms with van der Waals surface area (Å²) in [7, 11) is 0. The summed E-state index contributed by atoms with van der Waals surface area (Å²) >= 11 is 0. The molecule has 3 aromatic heterocycles. The topological polar surface area (TPSA) is 95.9 Å². The smallest absolute Gasteiger partial charge is 0.223 e. The van der Waals surface area contributed by atoms with Crippen molar-refractivity contribution in [2.24, 2.45) is 0 Å². The quantitative estimate of drug-likeness (QED) is 0.448. The predicted octanol–water partition coefficient (Wildman–Crippen LogP) is 4.01. The predicted molar refractivity (Wildman–Crippen MR) is 110 cm³/mol. The Hall–Kier alpha value is -3.06. The van der Waals surface area contributed by atoms with E-state index in [1.54, 1.807) is 18.6 Å². The van der Waals surface area contributed by atoms with Crippen molar-refractivity contribution in [1.82, 2.24) is 19.9 Å². The number of aromatic nitrogens is 4. The first kappa shape index (κ1) is 18.3. The van der Waals surface area contributed by atoms with Gasteiger partial charge in [-0.1, -0.05) is 13.3 Å². The van der Waals surface area contributed by atoms with Crippen LogP contribution in [-0.4, -0.2) is 37.7 Å². The minimum Gasteiger partial charge on any atom is -0.396 e. The van der Waals surface area contributed by atoms with Crippen molar-refractivity contribution in [3.63, 3.8) is 0 Å². The summed E-state index contributed by atoms with van der Waals surface area (Å²) in [4.78, 5) is 18.2. The number of fused-ring (bicyclic) bond motifs is 5. The maximum Gasteiger partial charge on any atom is 0.223 e. The molecule has 1 aliphatic heterocycles. The average Bonchev–Trinajstić information content (AvgIpc) is 2.86. The van der Waals surface area contributed by atoms with Crippen LogP contribution in [0.15, 0.2) is 43.0 Å². The first-order valence-corrected chi connectivity index (χ1v) is 9.71. The van der Waals surface area contributed by atoms with Crippen molar-refractivity contribution < 1.29 is 5.11 Å². The molecule has 0 aromatic carbocycles. The Morgan fingerprint density at radius 3 is 2.86 bits per heavy atom. The van der Waals surface area contributed by atoms with E-state index in [0.717, 1.165) is 59.6 Å². The minimum atomic E-state index is 0.197. The van der Waals surface area contributed by atoms with Crippen LogP contribution in [0.4, 0.5) is 17.5 Å². The van der Waals surface area contributed by atoms with Crippen LogP contribution in [0.5, 0.6) is 0 Å². The maximum absolute atomic E-state index is 9.16. The normalized spacial score (nSPS) is 12.8. The number of aliphatic hydroxyl groups excluding tert-OH is 1. The highest BCUT2D eigenvalue weighted by Gasteiger charge is 2.22. The number of rotatable bonds is 7. The van der Waals surface area contributed by atoms with Gasteiger partial charge in [0.2, 0.25) is 5.95 Å². The van der Waals surface area contributed by atoms with E-state index >= 15 is 0 Å². The number of aliphatic hydroxyl groups is 1. The molecule has 0 saturated heterocycles. The summed E-state index contributed by atoms with van der Waals surface area (Å²) in [5, 5.41) is 16.0. The second-order valence-electron chi connectivity index (χ2n) is 6.90. The van der Waals surface area contributed by atoms with E-state index in [-0.39, 0.29) is 12.6 Å². The van der Waals surface area contributed by atoms with E-state index in [1.807, 2.05) is 24.4 Å². The van der Waals surface area contributed by atoms with Crippen molar-refractivity contribution in [1.29, 1.82) is 0 Å². The number of hydrogen-bond donors (Lipinski definition) is 3. The number of pyridine rings is 2. The molecule has 0 spiro atoms. The van der Waals surface area contributed by atoms with Gasteiger partial charge in [-0.15, -0.1) is 0 Å². The highest BCUT2D eigenvalue weighted by atomic mass is 16.2. The third-order valence-corrected chi connectivity index (χ3v) is 4.90. The highest BCUT2D eigenvalue weighted by Crippen LogP contribution is 2.41. The van der Waals surface area contributed by atoms with Gasteiger partial charge < -0.3 is 15.7 Å². The number of hydrogen-bond acceptors (Lipinski definition) is 7. The van der Waals surface area contributed by atoms with Gasteiger partial charge in [-0.25, -0.2) is 15.0 Å². The van der Waals surface area contributed by atoms with Gasteiger partial charge in [0.1, 0.15) is 5.82 Å². The largest absolute Gasteiger partial charge is 0.396 e. The lowest BCUT2D eigenvalue weighted by Gasteiger charge is -2.18. The number of nitrogens with one attached hydrogen (secondary N) is 2. The summed E-state index contributed by atoms with van der Waals surface area (Å²) < 4.78 is 0. The molecule has 144 valence electrons. The molecule has 3 N–H and O–H groups in total. The fraction of sp³-hybridized carbons (Fsp3) is 0.333. The van der Waals surface area contributed by atoms with Gasteiger partial charge in [0.25, 0.3) is 0 Å². The van der Waals surface area contributed by atoms with E-state index in [2.05, 4.69) is 32.5 Å². The zero-order valence-electron chi connectivity index (χ0n) is 15.9. The summed E-state index contributed by atoms with van der Waals surface area (Å²) in [6.07, 6.45) is 10.9. The molecule has 4 rings (SSSR count). The van der Waals surface area contributed by atoms with Crippen molar-refractivity contribution in [3.8, 4) is 22.4 Å². The summed E-state index contributed by atoms with van der Waals surface area (Å²) in [5.41, 5.74) is 4.61. The Morgan fingerprint density at radius 1 is 1.07 bits per heavy atom. The zero-order valence-corrected chi connectivity index (χ0v) is 15.9. The second-order valence-corrected chi connectivity index (χ2v) is 6.90. The van der Waals surface area contributed by atoms with Gasteiger partial charge >= 0.3 is 0 Å². The third kappa shape index (κ3) is 3.66. The molecule has 1 atom stereocenters. The SMILES string of the molecule is CCC[C@H](CCCO)Nc1ncc2c(n1)-c1cccnc1Nc1cnccc1-2. The van der Waals surface area contributed by atoms with Crippen LogP contribution in [0.25, 0.3) is 22.4 Å². The molecule has 28 heavy (non-hydrogen) atoms. The molecular formula is C21H24N6O. The fourth-order valence-electron chi connectivity index (χ4n) is 3.56. The lowest BCUT2D eigenvalue weighted by Crippen LogP contribution is -2.21. The van der Waals surface area contributed by atoms with Crippen LogP contribution in [0, 0.1) is 0 Å². The molecule has 0 bridgehead atoms. The molecule has 1 aliphatic rings. The molecule has 3 aromatic rings. The fourth-order valence-corrected chi connectivity index (χ4v) is 3.56. The third-order valence-electron chi connectivity index (χ3n) is 4.90. The van der Waals surface area contributed by atoms with Crippen LogP contribution in [0.3, 0.4) is 0 Å². The average molecular weight is 376 g/mol. The molecule has 0 amide bonds. The van der Waals surface area contributed by atoms with Crippen molar-refractivity contribution >= 4 is 17.5 Å². The van der Waals surface area contributed by atoms with E-state index in [4.69, 9.17) is 10.1 Å². The van der Waals surface area contributed by atoms with Crippen molar-refractivity contribution in [2.45, 2.75) is 38.6 Å². The Labute approximate surface area is 164 Å². The van der Waals surface area contributed by atoms with Crippen molar-refractivity contribution in [3.05, 3.63) is 43.0 Å². The van der Waals surface area contributed by atoms with Gasteiger partial charge in [-0.05, 0) is 37.5 Å². The van der Waals surface area contributed by atoms with E-state index in [1.165, 1.54) is 0 Å². The number of anilines is 3. The molecule has 0 saturated carbocycles. The molecule has 7 heteroatoms. The summed E-state index contributed by atoms with van der Waals surface area (Å²) in [6.45, 7) is 2.35. The molecular weight excluding hydrogens is 352 g/mol. The lowest BCUT2D eigenvalue weighted by molar-refractivity contribution is 0.280. The Balaban J connectivity index is 1.76. The Kier molecular flexibility index (Phi) is 5.43. The van der Waals surface area contributed by atoms with Gasteiger partial charge in [-0.2, -0.15) is 0 Å². The van der Waals surface area contributed by atoms with E-state index in [9.17, 15) is 0 Å². The molecule has 0 aliphatic carbocycles. The van der Waals surface area contributed by atoms with Crippen LogP contribution in [-0.2, 0) is 0 Å². The molecule has 0 radical (unpaired) electrons. The Morgan fingerprint density at radius 2 is 2.00 bits per heavy atom. The molecule has 0 unspecified atom stereocenters. The maximum atomic E-state index is 9.16. The van der Waals surface area contributed by atoms with Gasteiger partial charge in [-0.3, -0.25) is 4.98 Å². The van der Waals surface area contributed by atoms with E-state index < -0.39 is 0 Å².